The van der Waals surface area contributed by atoms with E-state index in [0.29, 0.717) is 23.4 Å². The van der Waals surface area contributed by atoms with Crippen LogP contribution >= 0.6 is 0 Å². The van der Waals surface area contributed by atoms with Gasteiger partial charge >= 0.3 is 0 Å². The third-order valence-corrected chi connectivity index (χ3v) is 5.88. The molecule has 2 aliphatic heterocycles. The first-order valence-corrected chi connectivity index (χ1v) is 10.2. The number of rotatable bonds is 4. The number of amides is 3. The van der Waals surface area contributed by atoms with Crippen LogP contribution in [0.15, 0.2) is 78.9 Å². The lowest BCUT2D eigenvalue weighted by atomic mass is 10.0. The molecule has 154 valence electrons. The molecule has 3 aromatic rings. The molecule has 0 N–H and O–H groups in total. The number of hydrogen-bond donors (Lipinski definition) is 0. The van der Waals surface area contributed by atoms with E-state index in [0.717, 1.165) is 11.1 Å². The van der Waals surface area contributed by atoms with Crippen molar-refractivity contribution in [1.82, 2.24) is 9.80 Å². The van der Waals surface area contributed by atoms with Crippen LogP contribution in [-0.4, -0.2) is 41.1 Å². The van der Waals surface area contributed by atoms with Crippen molar-refractivity contribution in [3.8, 4) is 0 Å². The molecule has 6 heteroatoms. The zero-order chi connectivity index (χ0) is 21.5. The first kappa shape index (κ1) is 19.1. The molecule has 0 fully saturated rings. The zero-order valence-electron chi connectivity index (χ0n) is 17.1. The number of para-hydroxylation sites is 1. The quantitative estimate of drug-likeness (QED) is 0.661. The first-order chi connectivity index (χ1) is 15.1. The molecule has 0 saturated heterocycles. The van der Waals surface area contributed by atoms with Crippen molar-refractivity contribution < 1.29 is 14.4 Å². The van der Waals surface area contributed by atoms with Gasteiger partial charge in [0.2, 0.25) is 5.91 Å². The van der Waals surface area contributed by atoms with Crippen LogP contribution in [0.1, 0.15) is 38.0 Å². The molecule has 0 aliphatic carbocycles. The van der Waals surface area contributed by atoms with Crippen LogP contribution in [0, 0.1) is 0 Å². The number of anilines is 1. The van der Waals surface area contributed by atoms with Crippen molar-refractivity contribution in [3.05, 3.63) is 101 Å². The van der Waals surface area contributed by atoms with E-state index in [9.17, 15) is 14.4 Å². The van der Waals surface area contributed by atoms with Crippen molar-refractivity contribution in [2.24, 2.45) is 0 Å². The van der Waals surface area contributed by atoms with Crippen LogP contribution in [0.4, 0.5) is 5.69 Å². The largest absolute Gasteiger partial charge is 0.340 e. The van der Waals surface area contributed by atoms with Gasteiger partial charge in [-0.3, -0.25) is 19.3 Å². The van der Waals surface area contributed by atoms with Crippen molar-refractivity contribution in [3.63, 3.8) is 0 Å². The van der Waals surface area contributed by atoms with Gasteiger partial charge in [-0.05, 0) is 23.8 Å². The van der Waals surface area contributed by atoms with E-state index in [4.69, 9.17) is 0 Å². The molecule has 0 radical (unpaired) electrons. The van der Waals surface area contributed by atoms with E-state index in [1.165, 1.54) is 4.90 Å². The Hall–Kier alpha value is -3.93. The van der Waals surface area contributed by atoms with Gasteiger partial charge in [0, 0.05) is 24.7 Å². The van der Waals surface area contributed by atoms with E-state index >= 15 is 0 Å². The fourth-order valence-electron chi connectivity index (χ4n) is 4.35. The van der Waals surface area contributed by atoms with Crippen molar-refractivity contribution >= 4 is 23.4 Å². The second-order valence-corrected chi connectivity index (χ2v) is 7.82. The molecule has 3 amide bonds. The first-order valence-electron chi connectivity index (χ1n) is 10.2. The predicted molar refractivity (Wildman–Crippen MR) is 116 cm³/mol. The minimum atomic E-state index is -0.625. The second-order valence-electron chi connectivity index (χ2n) is 7.82. The summed E-state index contributed by atoms with van der Waals surface area (Å²) in [7, 11) is 1.73. The zero-order valence-corrected chi connectivity index (χ0v) is 17.1. The van der Waals surface area contributed by atoms with E-state index in [1.54, 1.807) is 41.1 Å². The Morgan fingerprint density at radius 2 is 1.48 bits per heavy atom. The van der Waals surface area contributed by atoms with Gasteiger partial charge in [-0.1, -0.05) is 60.7 Å². The summed E-state index contributed by atoms with van der Waals surface area (Å²) in [5.74, 6) is -0.591. The molecule has 0 spiro atoms. The smallest absolute Gasteiger partial charge is 0.260 e. The molecule has 3 aromatic carbocycles. The van der Waals surface area contributed by atoms with Gasteiger partial charge in [0.1, 0.15) is 12.7 Å². The predicted octanol–water partition coefficient (Wildman–Crippen LogP) is 3.46. The molecule has 0 bridgehead atoms. The molecule has 2 aliphatic rings. The summed E-state index contributed by atoms with van der Waals surface area (Å²) in [4.78, 5) is 44.4. The highest BCUT2D eigenvalue weighted by Crippen LogP contribution is 2.44. The van der Waals surface area contributed by atoms with Gasteiger partial charge in [-0.2, -0.15) is 0 Å². The van der Waals surface area contributed by atoms with Crippen molar-refractivity contribution in [1.29, 1.82) is 0 Å². The normalized spacial score (nSPS) is 16.6. The van der Waals surface area contributed by atoms with Gasteiger partial charge in [0.05, 0.1) is 11.3 Å². The number of hydrogen-bond acceptors (Lipinski definition) is 3. The molecule has 1 unspecified atom stereocenters. The molecule has 6 nitrogen and oxygen atoms in total. The average Bonchev–Trinajstić information content (AvgIpc) is 3.10. The summed E-state index contributed by atoms with van der Waals surface area (Å²) >= 11 is 0. The number of benzene rings is 3. The van der Waals surface area contributed by atoms with Gasteiger partial charge in [-0.15, -0.1) is 0 Å². The topological polar surface area (TPSA) is 60.9 Å². The fourth-order valence-corrected chi connectivity index (χ4v) is 4.35. The van der Waals surface area contributed by atoms with Crippen LogP contribution in [0.5, 0.6) is 0 Å². The van der Waals surface area contributed by atoms with Gasteiger partial charge in [-0.25, -0.2) is 0 Å². The van der Waals surface area contributed by atoms with E-state index in [2.05, 4.69) is 0 Å². The van der Waals surface area contributed by atoms with Crippen molar-refractivity contribution in [2.75, 3.05) is 18.5 Å². The Labute approximate surface area is 180 Å². The SMILES string of the molecule is CN(Cc1ccccc1)C(=O)CN1C(=O)c2ccccc2N2C(=O)c3ccccc3C12. The Kier molecular flexibility index (Phi) is 4.55. The maximum Gasteiger partial charge on any atom is 0.260 e. The summed E-state index contributed by atoms with van der Waals surface area (Å²) in [5.41, 5.74) is 3.33. The van der Waals surface area contributed by atoms with Crippen LogP contribution < -0.4 is 4.90 Å². The van der Waals surface area contributed by atoms with Crippen molar-refractivity contribution in [2.45, 2.75) is 12.7 Å². The molecule has 31 heavy (non-hydrogen) atoms. The van der Waals surface area contributed by atoms with Crippen LogP contribution in [0.3, 0.4) is 0 Å². The van der Waals surface area contributed by atoms with E-state index in [1.807, 2.05) is 54.6 Å². The number of carbonyl (C=O) groups is 3. The summed E-state index contributed by atoms with van der Waals surface area (Å²) in [6, 6.07) is 24.1. The van der Waals surface area contributed by atoms with Crippen LogP contribution in [-0.2, 0) is 11.3 Å². The number of nitrogens with zero attached hydrogens (tertiary/aromatic N) is 3. The number of likely N-dealkylation sites (N-methyl/N-ethyl adjacent to an activating group) is 1. The lowest BCUT2D eigenvalue weighted by Crippen LogP contribution is -2.51. The maximum absolute atomic E-state index is 13.4. The highest BCUT2D eigenvalue weighted by molar-refractivity contribution is 6.17. The highest BCUT2D eigenvalue weighted by Gasteiger charge is 2.48. The Morgan fingerprint density at radius 3 is 2.26 bits per heavy atom. The Bertz CT molecular complexity index is 1190. The standard InChI is InChI=1S/C25H21N3O3/c1-26(15-17-9-3-2-4-10-17)22(29)16-27-23-18-11-5-6-12-19(18)25(31)28(23)21-14-8-7-13-20(21)24(27)30/h2-14,23H,15-16H2,1H3. The lowest BCUT2D eigenvalue weighted by Gasteiger charge is -2.41. The minimum absolute atomic E-state index is 0.112. The number of carbonyl (C=O) groups excluding carboxylic acids is 3. The number of fused-ring (bicyclic) bond motifs is 5. The molecule has 5 rings (SSSR count). The van der Waals surface area contributed by atoms with Gasteiger partial charge in [0.25, 0.3) is 11.8 Å². The van der Waals surface area contributed by atoms with Gasteiger partial charge in [0.15, 0.2) is 0 Å². The fraction of sp³-hybridized carbons (Fsp3) is 0.160. The van der Waals surface area contributed by atoms with E-state index < -0.39 is 6.17 Å². The molecule has 0 aromatic heterocycles. The summed E-state index contributed by atoms with van der Waals surface area (Å²) in [6.07, 6.45) is -0.625. The van der Waals surface area contributed by atoms with Crippen LogP contribution in [0.25, 0.3) is 0 Å². The maximum atomic E-state index is 13.4. The van der Waals surface area contributed by atoms with E-state index in [-0.39, 0.29) is 24.3 Å². The lowest BCUT2D eigenvalue weighted by molar-refractivity contribution is -0.131. The third-order valence-electron chi connectivity index (χ3n) is 5.88. The van der Waals surface area contributed by atoms with Crippen LogP contribution in [0.2, 0.25) is 0 Å². The minimum Gasteiger partial charge on any atom is -0.340 e. The molecule has 1 atom stereocenters. The summed E-state index contributed by atoms with van der Waals surface area (Å²) in [5, 5.41) is 0. The Balaban J connectivity index is 1.50. The summed E-state index contributed by atoms with van der Waals surface area (Å²) < 4.78 is 0. The molecular formula is C25H21N3O3. The average molecular weight is 411 g/mol. The monoisotopic (exact) mass is 411 g/mol. The molecule has 2 heterocycles. The molecular weight excluding hydrogens is 390 g/mol. The highest BCUT2D eigenvalue weighted by atomic mass is 16.2. The summed E-state index contributed by atoms with van der Waals surface area (Å²) in [6.45, 7) is 0.335. The second kappa shape index (κ2) is 7.40. The van der Waals surface area contributed by atoms with Gasteiger partial charge < -0.3 is 9.80 Å². The molecule has 0 saturated carbocycles. The Morgan fingerprint density at radius 1 is 0.839 bits per heavy atom. The third kappa shape index (κ3) is 3.08.